The summed E-state index contributed by atoms with van der Waals surface area (Å²) in [5, 5.41) is 0. The SMILES string of the molecule is COC1CN(C(=O)C2CC(N)C(C)CC2C)CC1OC. The minimum absolute atomic E-state index is 0.0181. The number of likely N-dealkylation sites (tertiary alicyclic amines) is 1. The van der Waals surface area contributed by atoms with E-state index in [1.807, 2.05) is 4.90 Å². The van der Waals surface area contributed by atoms with E-state index in [-0.39, 0.29) is 30.1 Å². The molecule has 2 rings (SSSR count). The molecule has 1 aliphatic heterocycles. The van der Waals surface area contributed by atoms with Gasteiger partial charge in [0.25, 0.3) is 0 Å². The van der Waals surface area contributed by atoms with E-state index in [1.165, 1.54) is 0 Å². The normalized spacial score (nSPS) is 42.0. The van der Waals surface area contributed by atoms with Gasteiger partial charge in [0.1, 0.15) is 12.2 Å². The van der Waals surface area contributed by atoms with Gasteiger partial charge in [0.15, 0.2) is 0 Å². The lowest BCUT2D eigenvalue weighted by Gasteiger charge is -2.37. The highest BCUT2D eigenvalue weighted by molar-refractivity contribution is 5.79. The van der Waals surface area contributed by atoms with Gasteiger partial charge in [-0.25, -0.2) is 0 Å². The third-order valence-electron chi connectivity index (χ3n) is 5.14. The smallest absolute Gasteiger partial charge is 0.226 e. The molecule has 1 saturated heterocycles. The minimum Gasteiger partial charge on any atom is -0.377 e. The Labute approximate surface area is 121 Å². The Morgan fingerprint density at radius 1 is 1.05 bits per heavy atom. The second-order valence-corrected chi connectivity index (χ2v) is 6.49. The van der Waals surface area contributed by atoms with E-state index in [1.54, 1.807) is 14.2 Å². The number of ether oxygens (including phenoxy) is 2. The van der Waals surface area contributed by atoms with Gasteiger partial charge in [-0.05, 0) is 24.7 Å². The van der Waals surface area contributed by atoms with Gasteiger partial charge in [-0.15, -0.1) is 0 Å². The van der Waals surface area contributed by atoms with Gasteiger partial charge in [-0.2, -0.15) is 0 Å². The van der Waals surface area contributed by atoms with E-state index >= 15 is 0 Å². The Morgan fingerprint density at radius 2 is 1.60 bits per heavy atom. The van der Waals surface area contributed by atoms with Gasteiger partial charge in [0.2, 0.25) is 5.91 Å². The van der Waals surface area contributed by atoms with Crippen LogP contribution in [0.2, 0.25) is 0 Å². The number of carbonyl (C=O) groups excluding carboxylic acids is 1. The molecule has 5 nitrogen and oxygen atoms in total. The average Bonchev–Trinajstić information content (AvgIpc) is 2.85. The monoisotopic (exact) mass is 284 g/mol. The highest BCUT2D eigenvalue weighted by atomic mass is 16.5. The molecule has 116 valence electrons. The highest BCUT2D eigenvalue weighted by Gasteiger charge is 2.41. The number of hydrogen-bond donors (Lipinski definition) is 1. The molecule has 0 aromatic carbocycles. The summed E-state index contributed by atoms with van der Waals surface area (Å²) < 4.78 is 10.8. The predicted molar refractivity (Wildman–Crippen MR) is 77.2 cm³/mol. The first-order valence-corrected chi connectivity index (χ1v) is 7.57. The fourth-order valence-electron chi connectivity index (χ4n) is 3.64. The Morgan fingerprint density at radius 3 is 2.10 bits per heavy atom. The average molecular weight is 284 g/mol. The highest BCUT2D eigenvalue weighted by Crippen LogP contribution is 2.34. The number of rotatable bonds is 3. The number of nitrogens with two attached hydrogens (primary N) is 1. The predicted octanol–water partition coefficient (Wildman–Crippen LogP) is 0.868. The number of nitrogens with zero attached hydrogens (tertiary/aromatic N) is 1. The molecule has 0 bridgehead atoms. The van der Waals surface area contributed by atoms with E-state index in [0.29, 0.717) is 24.9 Å². The van der Waals surface area contributed by atoms with Crippen molar-refractivity contribution < 1.29 is 14.3 Å². The molecule has 2 fully saturated rings. The van der Waals surface area contributed by atoms with Crippen molar-refractivity contribution in [3.05, 3.63) is 0 Å². The number of methoxy groups -OCH3 is 2. The van der Waals surface area contributed by atoms with Crippen LogP contribution < -0.4 is 5.73 Å². The zero-order valence-electron chi connectivity index (χ0n) is 13.0. The summed E-state index contributed by atoms with van der Waals surface area (Å²) in [6.45, 7) is 5.60. The molecule has 1 aliphatic carbocycles. The molecule has 5 heteroatoms. The summed E-state index contributed by atoms with van der Waals surface area (Å²) >= 11 is 0. The summed E-state index contributed by atoms with van der Waals surface area (Å²) in [4.78, 5) is 14.6. The lowest BCUT2D eigenvalue weighted by molar-refractivity contribution is -0.138. The van der Waals surface area contributed by atoms with Crippen LogP contribution in [0.15, 0.2) is 0 Å². The van der Waals surface area contributed by atoms with Crippen LogP contribution in [0.3, 0.4) is 0 Å². The van der Waals surface area contributed by atoms with E-state index in [9.17, 15) is 4.79 Å². The van der Waals surface area contributed by atoms with Crippen LogP contribution in [0, 0.1) is 17.8 Å². The lowest BCUT2D eigenvalue weighted by Crippen LogP contribution is -2.46. The molecule has 2 aliphatic rings. The van der Waals surface area contributed by atoms with E-state index < -0.39 is 0 Å². The van der Waals surface area contributed by atoms with Crippen molar-refractivity contribution in [2.24, 2.45) is 23.5 Å². The number of hydrogen-bond acceptors (Lipinski definition) is 4. The lowest BCUT2D eigenvalue weighted by atomic mass is 9.72. The van der Waals surface area contributed by atoms with Crippen LogP contribution in [0.25, 0.3) is 0 Å². The summed E-state index contributed by atoms with van der Waals surface area (Å²) in [6.07, 6.45) is 1.80. The quantitative estimate of drug-likeness (QED) is 0.835. The van der Waals surface area contributed by atoms with Crippen molar-refractivity contribution in [1.82, 2.24) is 4.90 Å². The molecule has 6 unspecified atom stereocenters. The summed E-state index contributed by atoms with van der Waals surface area (Å²) in [5.41, 5.74) is 6.15. The van der Waals surface area contributed by atoms with Gasteiger partial charge >= 0.3 is 0 Å². The molecule has 6 atom stereocenters. The van der Waals surface area contributed by atoms with Crippen LogP contribution in [-0.2, 0) is 14.3 Å². The maximum absolute atomic E-state index is 12.7. The summed E-state index contributed by atoms with van der Waals surface area (Å²) in [6, 6.07) is 0.138. The number of carbonyl (C=O) groups is 1. The maximum Gasteiger partial charge on any atom is 0.226 e. The zero-order valence-corrected chi connectivity index (χ0v) is 13.0. The molecule has 1 amide bonds. The van der Waals surface area contributed by atoms with Crippen molar-refractivity contribution in [2.75, 3.05) is 27.3 Å². The minimum atomic E-state index is -0.0181. The molecule has 0 aromatic heterocycles. The van der Waals surface area contributed by atoms with Crippen molar-refractivity contribution in [1.29, 1.82) is 0 Å². The zero-order chi connectivity index (χ0) is 14.9. The van der Waals surface area contributed by atoms with Crippen molar-refractivity contribution in [3.63, 3.8) is 0 Å². The largest absolute Gasteiger partial charge is 0.377 e. The van der Waals surface area contributed by atoms with Gasteiger partial charge in [-0.3, -0.25) is 4.79 Å². The standard InChI is InChI=1S/C15H28N2O3/c1-9-5-10(2)12(16)6-11(9)15(18)17-7-13(19-3)14(8-17)20-4/h9-14H,5-8,16H2,1-4H3. The van der Waals surface area contributed by atoms with Gasteiger partial charge in [0, 0.05) is 39.3 Å². The van der Waals surface area contributed by atoms with Crippen LogP contribution in [-0.4, -0.2) is 56.4 Å². The second kappa shape index (κ2) is 6.41. The first-order valence-electron chi connectivity index (χ1n) is 7.57. The van der Waals surface area contributed by atoms with Gasteiger partial charge < -0.3 is 20.1 Å². The van der Waals surface area contributed by atoms with Crippen LogP contribution in [0.5, 0.6) is 0 Å². The van der Waals surface area contributed by atoms with Crippen molar-refractivity contribution in [2.45, 2.75) is 44.9 Å². The Bertz CT molecular complexity index is 338. The Kier molecular flexibility index (Phi) is 5.04. The molecule has 1 saturated carbocycles. The van der Waals surface area contributed by atoms with Crippen LogP contribution >= 0.6 is 0 Å². The first-order chi connectivity index (χ1) is 9.47. The fourth-order valence-corrected chi connectivity index (χ4v) is 3.64. The first kappa shape index (κ1) is 15.7. The molecule has 1 heterocycles. The Hall–Kier alpha value is -0.650. The third kappa shape index (κ3) is 3.00. The number of amides is 1. The van der Waals surface area contributed by atoms with E-state index in [4.69, 9.17) is 15.2 Å². The molecular formula is C15H28N2O3. The molecule has 0 aromatic rings. The second-order valence-electron chi connectivity index (χ2n) is 6.49. The molecule has 0 spiro atoms. The molecule has 2 N–H and O–H groups in total. The van der Waals surface area contributed by atoms with Crippen molar-refractivity contribution in [3.8, 4) is 0 Å². The molecule has 20 heavy (non-hydrogen) atoms. The summed E-state index contributed by atoms with van der Waals surface area (Å²) in [7, 11) is 3.34. The van der Waals surface area contributed by atoms with Gasteiger partial charge in [-0.1, -0.05) is 13.8 Å². The van der Waals surface area contributed by atoms with E-state index in [0.717, 1.165) is 12.8 Å². The van der Waals surface area contributed by atoms with Gasteiger partial charge in [0.05, 0.1) is 0 Å². The Balaban J connectivity index is 2.01. The molecule has 0 radical (unpaired) electrons. The van der Waals surface area contributed by atoms with Crippen molar-refractivity contribution >= 4 is 5.91 Å². The van der Waals surface area contributed by atoms with E-state index in [2.05, 4.69) is 13.8 Å². The van der Waals surface area contributed by atoms with Crippen LogP contribution in [0.4, 0.5) is 0 Å². The fraction of sp³-hybridized carbons (Fsp3) is 0.933. The van der Waals surface area contributed by atoms with Crippen LogP contribution in [0.1, 0.15) is 26.7 Å². The molecular weight excluding hydrogens is 256 g/mol. The maximum atomic E-state index is 12.7. The topological polar surface area (TPSA) is 64.8 Å². The summed E-state index contributed by atoms with van der Waals surface area (Å²) in [5.74, 6) is 1.18. The third-order valence-corrected chi connectivity index (χ3v) is 5.14.